The average Bonchev–Trinajstić information content (AvgIpc) is 2.60. The SMILES string of the molecule is COC(=O)C1CN(C(=O)c2cc(OC)cc(OC)c2)CCC1=O. The van der Waals surface area contributed by atoms with Gasteiger partial charge >= 0.3 is 5.97 Å². The summed E-state index contributed by atoms with van der Waals surface area (Å²) in [6.07, 6.45) is 0.132. The lowest BCUT2D eigenvalue weighted by Gasteiger charge is -2.30. The van der Waals surface area contributed by atoms with E-state index >= 15 is 0 Å². The zero-order valence-electron chi connectivity index (χ0n) is 13.3. The van der Waals surface area contributed by atoms with Crippen LogP contribution in [0.3, 0.4) is 0 Å². The summed E-state index contributed by atoms with van der Waals surface area (Å²) in [7, 11) is 4.22. The normalized spacial score (nSPS) is 17.6. The number of benzene rings is 1. The quantitative estimate of drug-likeness (QED) is 0.605. The van der Waals surface area contributed by atoms with Crippen molar-refractivity contribution in [2.24, 2.45) is 5.92 Å². The fourth-order valence-electron chi connectivity index (χ4n) is 2.48. The predicted molar refractivity (Wildman–Crippen MR) is 80.6 cm³/mol. The lowest BCUT2D eigenvalue weighted by Crippen LogP contribution is -2.47. The van der Waals surface area contributed by atoms with Crippen LogP contribution in [0.1, 0.15) is 16.8 Å². The minimum Gasteiger partial charge on any atom is -0.497 e. The first-order valence-corrected chi connectivity index (χ1v) is 7.13. The highest BCUT2D eigenvalue weighted by Gasteiger charge is 2.35. The number of ketones is 1. The number of hydrogen-bond donors (Lipinski definition) is 0. The maximum atomic E-state index is 12.7. The number of carbonyl (C=O) groups is 3. The molecule has 0 aliphatic carbocycles. The Morgan fingerprint density at radius 1 is 1.09 bits per heavy atom. The largest absolute Gasteiger partial charge is 0.497 e. The minimum atomic E-state index is -0.926. The number of Topliss-reactive ketones (excluding diaryl/α,β-unsaturated/α-hetero) is 1. The molecular formula is C16H19NO6. The molecule has 2 rings (SSSR count). The maximum Gasteiger partial charge on any atom is 0.318 e. The Balaban J connectivity index is 2.23. The summed E-state index contributed by atoms with van der Waals surface area (Å²) in [5.74, 6) is -1.05. The van der Waals surface area contributed by atoms with Gasteiger partial charge in [-0.3, -0.25) is 14.4 Å². The van der Waals surface area contributed by atoms with E-state index in [4.69, 9.17) is 9.47 Å². The number of amides is 1. The monoisotopic (exact) mass is 321 g/mol. The molecule has 0 N–H and O–H groups in total. The molecule has 0 spiro atoms. The number of nitrogens with zero attached hydrogens (tertiary/aromatic N) is 1. The van der Waals surface area contributed by atoms with Crippen molar-refractivity contribution >= 4 is 17.7 Å². The Morgan fingerprint density at radius 3 is 2.22 bits per heavy atom. The second kappa shape index (κ2) is 7.13. The van der Waals surface area contributed by atoms with E-state index in [9.17, 15) is 14.4 Å². The van der Waals surface area contributed by atoms with Gasteiger partial charge < -0.3 is 19.1 Å². The van der Waals surface area contributed by atoms with Crippen LogP contribution < -0.4 is 9.47 Å². The van der Waals surface area contributed by atoms with Gasteiger partial charge in [0.15, 0.2) is 5.78 Å². The van der Waals surface area contributed by atoms with Gasteiger partial charge in [0.05, 0.1) is 21.3 Å². The minimum absolute atomic E-state index is 0.0177. The van der Waals surface area contributed by atoms with Crippen LogP contribution in [0, 0.1) is 5.92 Å². The number of methoxy groups -OCH3 is 3. The molecule has 1 unspecified atom stereocenters. The highest BCUT2D eigenvalue weighted by molar-refractivity contribution is 6.02. The van der Waals surface area contributed by atoms with Crippen molar-refractivity contribution in [3.63, 3.8) is 0 Å². The van der Waals surface area contributed by atoms with E-state index in [1.54, 1.807) is 18.2 Å². The van der Waals surface area contributed by atoms with Crippen LogP contribution in [-0.2, 0) is 14.3 Å². The molecule has 1 aromatic rings. The highest BCUT2D eigenvalue weighted by Crippen LogP contribution is 2.25. The van der Waals surface area contributed by atoms with Gasteiger partial charge in [0.2, 0.25) is 0 Å². The van der Waals surface area contributed by atoms with Crippen LogP contribution in [0.4, 0.5) is 0 Å². The summed E-state index contributed by atoms with van der Waals surface area (Å²) in [4.78, 5) is 37.6. The Morgan fingerprint density at radius 2 is 1.70 bits per heavy atom. The summed E-state index contributed by atoms with van der Waals surface area (Å²) in [6, 6.07) is 4.84. The van der Waals surface area contributed by atoms with Crippen LogP contribution >= 0.6 is 0 Å². The van der Waals surface area contributed by atoms with E-state index in [0.29, 0.717) is 17.1 Å². The lowest BCUT2D eigenvalue weighted by atomic mass is 9.96. The van der Waals surface area contributed by atoms with Crippen LogP contribution in [0.15, 0.2) is 18.2 Å². The van der Waals surface area contributed by atoms with E-state index in [0.717, 1.165) is 0 Å². The summed E-state index contributed by atoms with van der Waals surface area (Å²) in [5.41, 5.74) is 0.374. The third-order valence-electron chi connectivity index (χ3n) is 3.79. The second-order valence-electron chi connectivity index (χ2n) is 5.14. The van der Waals surface area contributed by atoms with E-state index in [1.807, 2.05) is 0 Å². The Bertz CT molecular complexity index is 597. The second-order valence-corrected chi connectivity index (χ2v) is 5.14. The molecule has 124 valence electrons. The average molecular weight is 321 g/mol. The van der Waals surface area contributed by atoms with E-state index in [2.05, 4.69) is 4.74 Å². The molecule has 1 aromatic carbocycles. The molecule has 1 fully saturated rings. The van der Waals surface area contributed by atoms with Gasteiger partial charge in [-0.1, -0.05) is 0 Å². The third kappa shape index (κ3) is 3.61. The van der Waals surface area contributed by atoms with Crippen LogP contribution in [0.2, 0.25) is 0 Å². The first-order chi connectivity index (χ1) is 11.0. The van der Waals surface area contributed by atoms with Gasteiger partial charge in [0.1, 0.15) is 17.4 Å². The van der Waals surface area contributed by atoms with E-state index in [1.165, 1.54) is 26.2 Å². The number of esters is 1. The Kier molecular flexibility index (Phi) is 5.20. The lowest BCUT2D eigenvalue weighted by molar-refractivity contribution is -0.151. The van der Waals surface area contributed by atoms with E-state index in [-0.39, 0.29) is 31.2 Å². The Labute approximate surface area is 134 Å². The molecule has 0 bridgehead atoms. The fraction of sp³-hybridized carbons (Fsp3) is 0.438. The summed E-state index contributed by atoms with van der Waals surface area (Å²) < 4.78 is 14.9. The molecule has 1 aliphatic rings. The van der Waals surface area contributed by atoms with Crippen LogP contribution in [0.5, 0.6) is 11.5 Å². The van der Waals surface area contributed by atoms with Gasteiger partial charge in [-0.15, -0.1) is 0 Å². The van der Waals surface area contributed by atoms with Gasteiger partial charge in [0.25, 0.3) is 5.91 Å². The first-order valence-electron chi connectivity index (χ1n) is 7.13. The highest BCUT2D eigenvalue weighted by atomic mass is 16.5. The topological polar surface area (TPSA) is 82.1 Å². The van der Waals surface area contributed by atoms with Crippen LogP contribution in [-0.4, -0.2) is 57.0 Å². The number of hydrogen-bond acceptors (Lipinski definition) is 6. The molecule has 1 aliphatic heterocycles. The number of piperidine rings is 1. The molecule has 0 radical (unpaired) electrons. The smallest absolute Gasteiger partial charge is 0.318 e. The van der Waals surface area contributed by atoms with Crippen LogP contribution in [0.25, 0.3) is 0 Å². The Hall–Kier alpha value is -2.57. The van der Waals surface area contributed by atoms with Crippen molar-refractivity contribution in [2.45, 2.75) is 6.42 Å². The molecule has 7 nitrogen and oxygen atoms in total. The number of ether oxygens (including phenoxy) is 3. The molecule has 23 heavy (non-hydrogen) atoms. The molecule has 0 aromatic heterocycles. The van der Waals surface area contributed by atoms with Crippen molar-refractivity contribution < 1.29 is 28.6 Å². The molecule has 1 amide bonds. The van der Waals surface area contributed by atoms with Gasteiger partial charge in [0, 0.05) is 31.1 Å². The number of likely N-dealkylation sites (tertiary alicyclic amines) is 1. The van der Waals surface area contributed by atoms with Gasteiger partial charge in [-0.05, 0) is 12.1 Å². The van der Waals surface area contributed by atoms with Crippen molar-refractivity contribution in [1.82, 2.24) is 4.90 Å². The zero-order chi connectivity index (χ0) is 17.0. The summed E-state index contributed by atoms with van der Waals surface area (Å²) in [6.45, 7) is 0.286. The van der Waals surface area contributed by atoms with Crippen molar-refractivity contribution in [1.29, 1.82) is 0 Å². The first kappa shape index (κ1) is 16.8. The maximum absolute atomic E-state index is 12.7. The summed E-state index contributed by atoms with van der Waals surface area (Å²) >= 11 is 0. The van der Waals surface area contributed by atoms with E-state index < -0.39 is 11.9 Å². The van der Waals surface area contributed by atoms with Gasteiger partial charge in [-0.2, -0.15) is 0 Å². The van der Waals surface area contributed by atoms with Crippen molar-refractivity contribution in [3.8, 4) is 11.5 Å². The molecule has 1 saturated heterocycles. The molecule has 0 saturated carbocycles. The van der Waals surface area contributed by atoms with Crippen molar-refractivity contribution in [2.75, 3.05) is 34.4 Å². The molecular weight excluding hydrogens is 302 g/mol. The third-order valence-corrected chi connectivity index (χ3v) is 3.79. The summed E-state index contributed by atoms with van der Waals surface area (Å²) in [5, 5.41) is 0. The number of rotatable bonds is 4. The molecule has 1 atom stereocenters. The fourth-order valence-corrected chi connectivity index (χ4v) is 2.48. The molecule has 1 heterocycles. The predicted octanol–water partition coefficient (Wildman–Crippen LogP) is 0.908. The standard InChI is InChI=1S/C16H19NO6/c1-21-11-6-10(7-12(8-11)22-2)15(19)17-5-4-14(18)13(9-17)16(20)23-3/h6-8,13H,4-5,9H2,1-3H3. The molecule has 7 heteroatoms. The number of carbonyl (C=O) groups excluding carboxylic acids is 3. The van der Waals surface area contributed by atoms with Gasteiger partial charge in [-0.25, -0.2) is 0 Å². The zero-order valence-corrected chi connectivity index (χ0v) is 13.3. The van der Waals surface area contributed by atoms with Crippen molar-refractivity contribution in [3.05, 3.63) is 23.8 Å².